The number of carboxylic acids is 1. The first-order valence-electron chi connectivity index (χ1n) is 5.18. The molecular weight excluding hydrogens is 359 g/mol. The smallest absolute Gasteiger partial charge is 0.341 e. The van der Waals surface area contributed by atoms with Crippen LogP contribution in [0.5, 0.6) is 0 Å². The van der Waals surface area contributed by atoms with Gasteiger partial charge in [0.1, 0.15) is 5.56 Å². The van der Waals surface area contributed by atoms with Crippen molar-refractivity contribution in [2.45, 2.75) is 0 Å². The maximum atomic E-state index is 12.6. The van der Waals surface area contributed by atoms with E-state index in [1.807, 2.05) is 0 Å². The number of aromatic carboxylic acids is 1. The molecule has 0 fully saturated rings. The van der Waals surface area contributed by atoms with Crippen LogP contribution in [0.2, 0.25) is 0 Å². The van der Waals surface area contributed by atoms with Gasteiger partial charge in [0.15, 0.2) is 23.3 Å². The third kappa shape index (κ3) is 9.02. The second-order valence-electron chi connectivity index (χ2n) is 3.43. The van der Waals surface area contributed by atoms with Gasteiger partial charge in [-0.15, -0.1) is 0 Å². The highest BCUT2D eigenvalue weighted by Gasteiger charge is 2.29. The Kier molecular flexibility index (Phi) is 10.2. The lowest BCUT2D eigenvalue weighted by Crippen LogP contribution is -2.11. The first-order chi connectivity index (χ1) is 10.3. The van der Waals surface area contributed by atoms with E-state index in [4.69, 9.17) is 19.9 Å². The van der Waals surface area contributed by atoms with E-state index in [0.717, 1.165) is 0 Å². The van der Waals surface area contributed by atoms with Gasteiger partial charge in [-0.3, -0.25) is 4.55 Å². The van der Waals surface area contributed by atoms with Crippen LogP contribution in [0.1, 0.15) is 10.4 Å². The van der Waals surface area contributed by atoms with Crippen molar-refractivity contribution in [3.63, 3.8) is 0 Å². The summed E-state index contributed by atoms with van der Waals surface area (Å²) in [4.78, 5) is 10.1. The molecule has 1 rings (SSSR count). The van der Waals surface area contributed by atoms with Gasteiger partial charge < -0.3 is 15.3 Å². The van der Waals surface area contributed by atoms with Gasteiger partial charge >= 0.3 is 5.97 Å². The minimum absolute atomic E-state index is 0.125. The van der Waals surface area contributed by atoms with E-state index < -0.39 is 50.7 Å². The highest BCUT2D eigenvalue weighted by Crippen LogP contribution is 2.22. The molecule has 0 spiro atoms. The van der Waals surface area contributed by atoms with Crippen LogP contribution >= 0.6 is 0 Å². The molecule has 0 atom stereocenters. The van der Waals surface area contributed by atoms with E-state index in [1.54, 1.807) is 0 Å². The number of rotatable bonds is 2. The van der Waals surface area contributed by atoms with Gasteiger partial charge in [0.25, 0.3) is 10.1 Å². The molecule has 0 bridgehead atoms. The van der Waals surface area contributed by atoms with Crippen molar-refractivity contribution >= 4 is 16.1 Å². The number of carboxylic acid groups (broad SMARTS) is 1. The highest BCUT2D eigenvalue weighted by atomic mass is 32.2. The zero-order chi connectivity index (χ0) is 19.0. The van der Waals surface area contributed by atoms with Crippen LogP contribution < -0.4 is 0 Å². The van der Waals surface area contributed by atoms with Gasteiger partial charge in [0.2, 0.25) is 5.82 Å². The molecule has 0 aliphatic rings. The fourth-order valence-electron chi connectivity index (χ4n) is 0.793. The van der Waals surface area contributed by atoms with Gasteiger partial charge in [0.05, 0.1) is 19.5 Å². The van der Waals surface area contributed by atoms with Crippen molar-refractivity contribution in [1.29, 1.82) is 0 Å². The Morgan fingerprint density at radius 1 is 0.870 bits per heavy atom. The van der Waals surface area contributed by atoms with Crippen molar-refractivity contribution < 1.29 is 55.0 Å². The van der Waals surface area contributed by atoms with Crippen molar-refractivity contribution in [2.75, 3.05) is 19.5 Å². The summed E-state index contributed by atoms with van der Waals surface area (Å²) in [7, 11) is -3.67. The number of aliphatic hydroxyl groups is 2. The summed E-state index contributed by atoms with van der Waals surface area (Å²) in [5, 5.41) is 23.4. The number of halogens is 5. The molecule has 0 heterocycles. The van der Waals surface area contributed by atoms with Crippen LogP contribution in [0, 0.1) is 29.1 Å². The Bertz CT molecular complexity index is 608. The number of benzene rings is 1. The Hall–Kier alpha value is -1.83. The summed E-state index contributed by atoms with van der Waals surface area (Å²) in [5.41, 5.74) is -1.86. The zero-order valence-corrected chi connectivity index (χ0v) is 12.0. The minimum atomic E-state index is -3.67. The standard InChI is InChI=1S/C7HF5O2.C2H6O2.CH4O3S/c8-2-1(7(13)14)3(9)5(11)6(12)4(2)10;3-1-2-4;1-5(2,3)4/h(H,13,14);3-4H,1-2H2;1H3,(H,2,3,4). The van der Waals surface area contributed by atoms with Crippen LogP contribution in [0.4, 0.5) is 22.0 Å². The molecule has 0 amide bonds. The van der Waals surface area contributed by atoms with E-state index in [9.17, 15) is 35.2 Å². The van der Waals surface area contributed by atoms with E-state index in [2.05, 4.69) is 0 Å². The molecular formula is C10H11F5O7S. The van der Waals surface area contributed by atoms with Crippen LogP contribution in [-0.2, 0) is 10.1 Å². The monoisotopic (exact) mass is 370 g/mol. The first kappa shape index (κ1) is 23.4. The lowest BCUT2D eigenvalue weighted by Gasteiger charge is -2.03. The second-order valence-corrected chi connectivity index (χ2v) is 4.90. The summed E-state index contributed by atoms with van der Waals surface area (Å²) in [5.74, 6) is -13.9. The van der Waals surface area contributed by atoms with Crippen LogP contribution in [0.15, 0.2) is 0 Å². The third-order valence-corrected chi connectivity index (χ3v) is 1.52. The SMILES string of the molecule is CS(=O)(=O)O.O=C(O)c1c(F)c(F)c(F)c(F)c1F.OCCO. The summed E-state index contributed by atoms with van der Waals surface area (Å²) in [6.07, 6.45) is 0.715. The quantitative estimate of drug-likeness (QED) is 0.259. The summed E-state index contributed by atoms with van der Waals surface area (Å²) in [6, 6.07) is 0. The average Bonchev–Trinajstić information content (AvgIpc) is 2.41. The fourth-order valence-corrected chi connectivity index (χ4v) is 0.793. The van der Waals surface area contributed by atoms with Gasteiger partial charge in [-0.2, -0.15) is 8.42 Å². The molecule has 7 nitrogen and oxygen atoms in total. The van der Waals surface area contributed by atoms with Gasteiger partial charge in [0, 0.05) is 0 Å². The molecule has 0 saturated heterocycles. The average molecular weight is 370 g/mol. The van der Waals surface area contributed by atoms with E-state index in [0.29, 0.717) is 6.26 Å². The van der Waals surface area contributed by atoms with Crippen molar-refractivity contribution in [1.82, 2.24) is 0 Å². The van der Waals surface area contributed by atoms with Crippen molar-refractivity contribution in [3.8, 4) is 0 Å². The van der Waals surface area contributed by atoms with Crippen LogP contribution in [0.25, 0.3) is 0 Å². The van der Waals surface area contributed by atoms with Gasteiger partial charge in [-0.25, -0.2) is 26.7 Å². The van der Waals surface area contributed by atoms with Crippen molar-refractivity contribution in [3.05, 3.63) is 34.6 Å². The lowest BCUT2D eigenvalue weighted by molar-refractivity contribution is 0.0682. The Labute approximate surface area is 126 Å². The molecule has 4 N–H and O–H groups in total. The number of carbonyl (C=O) groups is 1. The topological polar surface area (TPSA) is 132 Å². The summed E-state index contributed by atoms with van der Waals surface area (Å²) >= 11 is 0. The maximum absolute atomic E-state index is 12.6. The molecule has 1 aromatic rings. The molecule has 0 radical (unpaired) electrons. The second kappa shape index (κ2) is 10.0. The fraction of sp³-hybridized carbons (Fsp3) is 0.300. The normalized spacial score (nSPS) is 10.1. The van der Waals surface area contributed by atoms with Gasteiger partial charge in [-0.05, 0) is 0 Å². The molecule has 13 heteroatoms. The highest BCUT2D eigenvalue weighted by molar-refractivity contribution is 7.85. The Morgan fingerprint density at radius 3 is 1.26 bits per heavy atom. The molecule has 0 aromatic heterocycles. The number of hydrogen-bond acceptors (Lipinski definition) is 5. The van der Waals surface area contributed by atoms with Crippen molar-refractivity contribution in [2.24, 2.45) is 0 Å². The molecule has 0 saturated carbocycles. The van der Waals surface area contributed by atoms with Crippen LogP contribution in [-0.4, -0.2) is 53.7 Å². The van der Waals surface area contributed by atoms with Crippen LogP contribution in [0.3, 0.4) is 0 Å². The Balaban J connectivity index is 0. The third-order valence-electron chi connectivity index (χ3n) is 1.52. The van der Waals surface area contributed by atoms with Gasteiger partial charge in [-0.1, -0.05) is 0 Å². The number of aliphatic hydroxyl groups excluding tert-OH is 2. The molecule has 0 unspecified atom stereocenters. The molecule has 23 heavy (non-hydrogen) atoms. The van der Waals surface area contributed by atoms with E-state index >= 15 is 0 Å². The number of hydrogen-bond donors (Lipinski definition) is 4. The minimum Gasteiger partial charge on any atom is -0.477 e. The molecule has 0 aliphatic heterocycles. The van der Waals surface area contributed by atoms with E-state index in [1.165, 1.54) is 0 Å². The maximum Gasteiger partial charge on any atom is 0.341 e. The predicted molar refractivity (Wildman–Crippen MR) is 64.8 cm³/mol. The zero-order valence-electron chi connectivity index (χ0n) is 11.2. The summed E-state index contributed by atoms with van der Waals surface area (Å²) < 4.78 is 88.0. The first-order valence-corrected chi connectivity index (χ1v) is 7.03. The lowest BCUT2D eigenvalue weighted by atomic mass is 10.1. The predicted octanol–water partition coefficient (Wildman–Crippen LogP) is 0.555. The molecule has 134 valence electrons. The van der Waals surface area contributed by atoms with E-state index in [-0.39, 0.29) is 13.2 Å². The molecule has 0 aliphatic carbocycles. The Morgan fingerprint density at radius 2 is 1.09 bits per heavy atom. The summed E-state index contributed by atoms with van der Waals surface area (Å²) in [6.45, 7) is -0.250. The molecule has 1 aromatic carbocycles. The largest absolute Gasteiger partial charge is 0.477 e.